The predicted molar refractivity (Wildman–Crippen MR) is 153 cm³/mol. The maximum absolute atomic E-state index is 13.5. The summed E-state index contributed by atoms with van der Waals surface area (Å²) in [5.74, 6) is -2.50. The van der Waals surface area contributed by atoms with Gasteiger partial charge < -0.3 is 39.1 Å². The molecule has 2 aromatic heterocycles. The molecule has 12 heteroatoms. The Morgan fingerprint density at radius 1 is 0.976 bits per heavy atom. The molecule has 1 fully saturated rings. The molecule has 12 nitrogen and oxygen atoms in total. The highest BCUT2D eigenvalue weighted by Crippen LogP contribution is 2.35. The van der Waals surface area contributed by atoms with E-state index in [0.717, 1.165) is 10.9 Å². The van der Waals surface area contributed by atoms with E-state index < -0.39 is 35.5 Å². The smallest absolute Gasteiger partial charge is 0.352 e. The largest absolute Gasteiger partial charge is 0.497 e. The Morgan fingerprint density at radius 3 is 2.24 bits per heavy atom. The van der Waals surface area contributed by atoms with Crippen LogP contribution in [-0.2, 0) is 28.4 Å². The van der Waals surface area contributed by atoms with Gasteiger partial charge in [0.25, 0.3) is 11.8 Å². The zero-order valence-corrected chi connectivity index (χ0v) is 23.7. The standard InChI is InChI=1S/C30H30N4O8/c1-16-7-6-8-20-21(16)11-19(40-5)12-22(20)29(39)42-25(30(2)15-41-30)27(36)32-17-9-23(33(3)13-17)26(35)31-18-10-24(28(37)38)34(4)14-18/h6-14,25H,15H2,1-5H3,(H,31,35)(H,32,36)(H,37,38)/t25-,30+/m1/s1. The topological polar surface area (TPSA) is 153 Å². The number of methoxy groups -OCH3 is 1. The number of nitrogens with one attached hydrogen (secondary N) is 2. The van der Waals surface area contributed by atoms with Gasteiger partial charge in [-0.1, -0.05) is 18.2 Å². The van der Waals surface area contributed by atoms with E-state index in [1.807, 2.05) is 25.1 Å². The van der Waals surface area contributed by atoms with Crippen molar-refractivity contribution in [2.75, 3.05) is 24.4 Å². The summed E-state index contributed by atoms with van der Waals surface area (Å²) in [5.41, 5.74) is 0.989. The first kappa shape index (κ1) is 28.4. The molecular weight excluding hydrogens is 544 g/mol. The van der Waals surface area contributed by atoms with Gasteiger partial charge in [-0.05, 0) is 54.4 Å². The molecule has 0 radical (unpaired) electrons. The van der Waals surface area contributed by atoms with Gasteiger partial charge in [0.1, 0.15) is 22.7 Å². The normalized spacial score (nSPS) is 16.5. The van der Waals surface area contributed by atoms with Crippen LogP contribution in [0.3, 0.4) is 0 Å². The number of ether oxygens (including phenoxy) is 3. The number of nitrogens with zero attached hydrogens (tertiary/aromatic N) is 2. The first-order chi connectivity index (χ1) is 19.9. The predicted octanol–water partition coefficient (Wildman–Crippen LogP) is 3.74. The monoisotopic (exact) mass is 574 g/mol. The average Bonchev–Trinajstić information content (AvgIpc) is 3.41. The van der Waals surface area contributed by atoms with Gasteiger partial charge in [0.15, 0.2) is 0 Å². The Morgan fingerprint density at radius 2 is 1.62 bits per heavy atom. The van der Waals surface area contributed by atoms with Crippen LogP contribution in [0, 0.1) is 6.92 Å². The fourth-order valence-corrected chi connectivity index (χ4v) is 4.80. The van der Waals surface area contributed by atoms with Crippen molar-refractivity contribution in [1.29, 1.82) is 0 Å². The van der Waals surface area contributed by atoms with Crippen LogP contribution in [0.15, 0.2) is 54.9 Å². The summed E-state index contributed by atoms with van der Waals surface area (Å²) >= 11 is 0. The number of hydrogen-bond donors (Lipinski definition) is 3. The number of hydrogen-bond acceptors (Lipinski definition) is 7. The van der Waals surface area contributed by atoms with Gasteiger partial charge in [0.2, 0.25) is 6.10 Å². The molecule has 1 saturated heterocycles. The van der Waals surface area contributed by atoms with E-state index in [9.17, 15) is 24.3 Å². The van der Waals surface area contributed by atoms with Crippen molar-refractivity contribution >= 4 is 45.9 Å². The molecule has 3 heterocycles. The Hall–Kier alpha value is -5.10. The molecule has 4 aromatic rings. The maximum atomic E-state index is 13.5. The Labute approximate surface area is 240 Å². The molecule has 5 rings (SSSR count). The number of aryl methyl sites for hydroxylation is 3. The van der Waals surface area contributed by atoms with Crippen molar-refractivity contribution in [2.24, 2.45) is 14.1 Å². The molecule has 2 amide bonds. The molecular formula is C30H30N4O8. The lowest BCUT2D eigenvalue weighted by Gasteiger charge is -2.21. The number of rotatable bonds is 9. The van der Waals surface area contributed by atoms with E-state index in [0.29, 0.717) is 22.5 Å². The lowest BCUT2D eigenvalue weighted by Crippen LogP contribution is -2.42. The molecule has 42 heavy (non-hydrogen) atoms. The summed E-state index contributed by atoms with van der Waals surface area (Å²) in [7, 11) is 4.68. The number of aromatic carboxylic acids is 1. The van der Waals surface area contributed by atoms with E-state index in [2.05, 4.69) is 10.6 Å². The number of carboxylic acid groups (broad SMARTS) is 1. The molecule has 0 unspecified atom stereocenters. The second kappa shape index (κ2) is 10.7. The lowest BCUT2D eigenvalue weighted by molar-refractivity contribution is -0.127. The molecule has 0 aliphatic carbocycles. The number of amides is 2. The van der Waals surface area contributed by atoms with Crippen LogP contribution in [-0.4, -0.2) is 63.4 Å². The molecule has 0 spiro atoms. The maximum Gasteiger partial charge on any atom is 0.352 e. The van der Waals surface area contributed by atoms with Gasteiger partial charge in [0.05, 0.1) is 30.7 Å². The minimum absolute atomic E-state index is 0.0126. The lowest BCUT2D eigenvalue weighted by atomic mass is 10.00. The summed E-state index contributed by atoms with van der Waals surface area (Å²) in [6, 6.07) is 11.8. The third-order valence-corrected chi connectivity index (χ3v) is 7.25. The second-order valence-corrected chi connectivity index (χ2v) is 10.4. The molecule has 1 aliphatic rings. The van der Waals surface area contributed by atoms with E-state index in [1.54, 1.807) is 33.2 Å². The quantitative estimate of drug-likeness (QED) is 0.202. The highest BCUT2D eigenvalue weighted by Gasteiger charge is 2.53. The van der Waals surface area contributed by atoms with Gasteiger partial charge >= 0.3 is 11.9 Å². The fraction of sp³-hybridized carbons (Fsp3) is 0.267. The minimum atomic E-state index is -1.28. The second-order valence-electron chi connectivity index (χ2n) is 10.4. The van der Waals surface area contributed by atoms with Gasteiger partial charge in [0, 0.05) is 26.5 Å². The highest BCUT2D eigenvalue weighted by molar-refractivity contribution is 6.08. The first-order valence-electron chi connectivity index (χ1n) is 13.0. The zero-order chi connectivity index (χ0) is 30.3. The Bertz CT molecular complexity index is 1750. The van der Waals surface area contributed by atoms with Gasteiger partial charge in [-0.2, -0.15) is 0 Å². The number of benzene rings is 2. The van der Waals surface area contributed by atoms with E-state index >= 15 is 0 Å². The first-order valence-corrected chi connectivity index (χ1v) is 13.0. The van der Waals surface area contributed by atoms with Crippen LogP contribution in [0.2, 0.25) is 0 Å². The van der Waals surface area contributed by atoms with E-state index in [1.165, 1.54) is 40.8 Å². The van der Waals surface area contributed by atoms with Crippen molar-refractivity contribution in [3.8, 4) is 5.75 Å². The summed E-state index contributed by atoms with van der Waals surface area (Å²) in [4.78, 5) is 51.1. The van der Waals surface area contributed by atoms with E-state index in [4.69, 9.17) is 14.2 Å². The summed E-state index contributed by atoms with van der Waals surface area (Å²) in [6.45, 7) is 3.81. The number of carbonyl (C=O) groups excluding carboxylic acids is 3. The minimum Gasteiger partial charge on any atom is -0.497 e. The molecule has 0 saturated carbocycles. The zero-order valence-electron chi connectivity index (χ0n) is 23.7. The molecule has 0 bridgehead atoms. The molecule has 2 aromatic carbocycles. The Kier molecular flexibility index (Phi) is 7.25. The number of carboxylic acids is 1. The van der Waals surface area contributed by atoms with Gasteiger partial charge in [-0.15, -0.1) is 0 Å². The third kappa shape index (κ3) is 5.44. The average molecular weight is 575 g/mol. The van der Waals surface area contributed by atoms with E-state index in [-0.39, 0.29) is 23.6 Å². The summed E-state index contributed by atoms with van der Waals surface area (Å²) in [6.07, 6.45) is 1.73. The van der Waals surface area contributed by atoms with Crippen molar-refractivity contribution in [3.63, 3.8) is 0 Å². The molecule has 2 atom stereocenters. The van der Waals surface area contributed by atoms with Crippen LogP contribution in [0.25, 0.3) is 10.8 Å². The Balaban J connectivity index is 1.35. The van der Waals surface area contributed by atoms with Crippen molar-refractivity contribution in [1.82, 2.24) is 9.13 Å². The van der Waals surface area contributed by atoms with Crippen LogP contribution in [0.5, 0.6) is 5.75 Å². The summed E-state index contributed by atoms with van der Waals surface area (Å²) in [5, 5.41) is 16.1. The highest BCUT2D eigenvalue weighted by atomic mass is 16.6. The van der Waals surface area contributed by atoms with Crippen molar-refractivity contribution < 1.29 is 38.5 Å². The van der Waals surface area contributed by atoms with Crippen LogP contribution < -0.4 is 15.4 Å². The number of epoxide rings is 1. The van der Waals surface area contributed by atoms with Crippen molar-refractivity contribution in [3.05, 3.63) is 77.4 Å². The van der Waals surface area contributed by atoms with Crippen LogP contribution in [0.4, 0.5) is 11.4 Å². The van der Waals surface area contributed by atoms with Crippen molar-refractivity contribution in [2.45, 2.75) is 25.6 Å². The van der Waals surface area contributed by atoms with Gasteiger partial charge in [-0.25, -0.2) is 9.59 Å². The molecule has 218 valence electrons. The number of esters is 1. The third-order valence-electron chi connectivity index (χ3n) is 7.25. The summed E-state index contributed by atoms with van der Waals surface area (Å²) < 4.78 is 19.5. The molecule has 3 N–H and O–H groups in total. The SMILES string of the molecule is COc1cc(C(=O)O[C@H](C(=O)Nc2cc(C(=O)Nc3cc(C(=O)O)n(C)c3)n(C)c2)[C@]2(C)CO2)c2cccc(C)c2c1. The fourth-order valence-electron chi connectivity index (χ4n) is 4.80. The van der Waals surface area contributed by atoms with Crippen LogP contribution in [0.1, 0.15) is 43.8 Å². The number of carbonyl (C=O) groups is 4. The molecule has 1 aliphatic heterocycles. The van der Waals surface area contributed by atoms with Crippen LogP contribution >= 0.6 is 0 Å². The number of anilines is 2. The number of aromatic nitrogens is 2. The number of fused-ring (bicyclic) bond motifs is 1. The van der Waals surface area contributed by atoms with Gasteiger partial charge in [-0.3, -0.25) is 9.59 Å².